The average Bonchev–Trinajstić information content (AvgIpc) is 2.80. The minimum atomic E-state index is 0.976. The van der Waals surface area contributed by atoms with Crippen LogP contribution in [0.3, 0.4) is 0 Å². The Morgan fingerprint density at radius 3 is 2.47 bits per heavy atom. The van der Waals surface area contributed by atoms with Crippen molar-refractivity contribution in [3.8, 4) is 0 Å². The molecule has 0 spiro atoms. The molecule has 15 heavy (non-hydrogen) atoms. The number of hydrogen-bond acceptors (Lipinski definition) is 1. The van der Waals surface area contributed by atoms with Crippen LogP contribution in [0.2, 0.25) is 0 Å². The molecule has 2 rings (SSSR count). The largest absolute Gasteiger partial charge is 0.291 e. The van der Waals surface area contributed by atoms with Gasteiger partial charge in [-0.15, -0.1) is 6.58 Å². The van der Waals surface area contributed by atoms with Gasteiger partial charge in [-0.1, -0.05) is 36.4 Å². The molecule has 1 aromatic rings. The predicted molar refractivity (Wildman–Crippen MR) is 64.4 cm³/mol. The van der Waals surface area contributed by atoms with Gasteiger partial charge < -0.3 is 0 Å². The zero-order valence-corrected chi connectivity index (χ0v) is 9.15. The van der Waals surface area contributed by atoms with Gasteiger partial charge in [-0.3, -0.25) is 4.90 Å². The molecule has 0 saturated carbocycles. The second-order valence-corrected chi connectivity index (χ2v) is 4.00. The van der Waals surface area contributed by atoms with E-state index >= 15 is 0 Å². The van der Waals surface area contributed by atoms with E-state index in [9.17, 15) is 0 Å². The van der Waals surface area contributed by atoms with Crippen molar-refractivity contribution in [1.29, 1.82) is 0 Å². The zero-order chi connectivity index (χ0) is 10.5. The summed E-state index contributed by atoms with van der Waals surface area (Å²) in [6, 6.07) is 12.1. The summed E-state index contributed by atoms with van der Waals surface area (Å²) in [6.07, 6.45) is 5.63. The monoisotopic (exact) mass is 200 g/mol. The summed E-state index contributed by atoms with van der Waals surface area (Å²) in [5.41, 5.74) is 1.35. The van der Waals surface area contributed by atoms with E-state index in [1.54, 1.807) is 0 Å². The molecule has 0 amide bonds. The molecular weight excluding hydrogens is 182 g/mol. The van der Waals surface area contributed by atoms with Crippen molar-refractivity contribution in [2.45, 2.75) is 19.3 Å². The van der Waals surface area contributed by atoms with Gasteiger partial charge in [0, 0.05) is 0 Å². The van der Waals surface area contributed by atoms with Crippen molar-refractivity contribution < 1.29 is 0 Å². The lowest BCUT2D eigenvalue weighted by molar-refractivity contribution is 0.363. The Balaban J connectivity index is 2.15. The lowest BCUT2D eigenvalue weighted by Crippen LogP contribution is -2.25. The highest BCUT2D eigenvalue weighted by molar-refractivity contribution is 5.30. The Morgan fingerprint density at radius 1 is 1.20 bits per heavy atom. The molecule has 0 bridgehead atoms. The molecule has 0 atom stereocenters. The van der Waals surface area contributed by atoms with Crippen molar-refractivity contribution in [1.82, 2.24) is 4.90 Å². The van der Waals surface area contributed by atoms with Gasteiger partial charge >= 0.3 is 0 Å². The Bertz CT molecular complexity index is 298. The van der Waals surface area contributed by atoms with E-state index in [-0.39, 0.29) is 0 Å². The Morgan fingerprint density at radius 2 is 1.87 bits per heavy atom. The maximum absolute atomic E-state index is 3.85. The molecule has 1 heteroatoms. The van der Waals surface area contributed by atoms with Gasteiger partial charge in [-0.25, -0.2) is 0 Å². The van der Waals surface area contributed by atoms with Crippen LogP contribution in [-0.2, 0) is 0 Å². The first kappa shape index (κ1) is 10.4. The van der Waals surface area contributed by atoms with Crippen molar-refractivity contribution >= 4 is 0 Å². The van der Waals surface area contributed by atoms with E-state index in [1.165, 1.54) is 37.5 Å². The van der Waals surface area contributed by atoms with E-state index in [0.717, 1.165) is 6.42 Å². The van der Waals surface area contributed by atoms with Gasteiger partial charge in [0.1, 0.15) is 0 Å². The minimum absolute atomic E-state index is 0.976. The molecule has 0 unspecified atom stereocenters. The van der Waals surface area contributed by atoms with Crippen LogP contribution in [-0.4, -0.2) is 18.0 Å². The molecule has 1 radical (unpaired) electrons. The van der Waals surface area contributed by atoms with Crippen molar-refractivity contribution in [3.05, 3.63) is 54.6 Å². The molecule has 1 saturated heterocycles. The number of rotatable bonds is 4. The lowest BCUT2D eigenvalue weighted by atomic mass is 10.0. The highest BCUT2D eigenvalue weighted by atomic mass is 15.2. The van der Waals surface area contributed by atoms with Gasteiger partial charge in [0.05, 0.1) is 6.04 Å². The third-order valence-electron chi connectivity index (χ3n) is 2.93. The second kappa shape index (κ2) is 5.13. The lowest BCUT2D eigenvalue weighted by Gasteiger charge is -2.25. The number of benzene rings is 1. The third kappa shape index (κ3) is 2.48. The van der Waals surface area contributed by atoms with Crippen LogP contribution in [0.4, 0.5) is 0 Å². The summed E-state index contributed by atoms with van der Waals surface area (Å²) in [5, 5.41) is 0. The predicted octanol–water partition coefficient (Wildman–Crippen LogP) is 3.24. The van der Waals surface area contributed by atoms with Gasteiger partial charge in [-0.2, -0.15) is 0 Å². The van der Waals surface area contributed by atoms with Gasteiger partial charge in [0.2, 0.25) is 0 Å². The Labute approximate surface area is 92.4 Å². The fourth-order valence-corrected chi connectivity index (χ4v) is 2.18. The van der Waals surface area contributed by atoms with Crippen LogP contribution in [0, 0.1) is 6.04 Å². The maximum Gasteiger partial charge on any atom is 0.0726 e. The van der Waals surface area contributed by atoms with Crippen LogP contribution in [0.5, 0.6) is 0 Å². The first-order chi connectivity index (χ1) is 7.42. The number of hydrogen-bond donors (Lipinski definition) is 0. The fraction of sp³-hybridized carbons (Fsp3) is 0.357. The minimum Gasteiger partial charge on any atom is -0.291 e. The Kier molecular flexibility index (Phi) is 3.57. The SMILES string of the molecule is C=CC[C](c1ccccc1)N1CCCC1. The molecule has 1 nitrogen and oxygen atoms in total. The van der Waals surface area contributed by atoms with Crippen LogP contribution < -0.4 is 0 Å². The topological polar surface area (TPSA) is 3.24 Å². The van der Waals surface area contributed by atoms with Crippen LogP contribution in [0.25, 0.3) is 0 Å². The fourth-order valence-electron chi connectivity index (χ4n) is 2.18. The molecule has 79 valence electrons. The number of nitrogens with zero attached hydrogens (tertiary/aromatic N) is 1. The quantitative estimate of drug-likeness (QED) is 0.674. The van der Waals surface area contributed by atoms with E-state index < -0.39 is 0 Å². The molecule has 1 fully saturated rings. The highest BCUT2D eigenvalue weighted by Crippen LogP contribution is 2.26. The highest BCUT2D eigenvalue weighted by Gasteiger charge is 2.22. The first-order valence-corrected chi connectivity index (χ1v) is 5.69. The summed E-state index contributed by atoms with van der Waals surface area (Å²) < 4.78 is 0. The van der Waals surface area contributed by atoms with Crippen molar-refractivity contribution in [2.75, 3.05) is 13.1 Å². The molecule has 1 aliphatic rings. The maximum atomic E-state index is 3.85. The van der Waals surface area contributed by atoms with Crippen molar-refractivity contribution in [3.63, 3.8) is 0 Å². The number of likely N-dealkylation sites (tertiary alicyclic amines) is 1. The summed E-state index contributed by atoms with van der Waals surface area (Å²) in [6.45, 7) is 6.26. The van der Waals surface area contributed by atoms with Crippen LogP contribution in [0.15, 0.2) is 43.0 Å². The standard InChI is InChI=1S/C14H18N/c1-2-8-14(15-11-6-7-12-15)13-9-4-3-5-10-13/h2-5,9-10H,1,6-8,11-12H2. The van der Waals surface area contributed by atoms with E-state index in [1.807, 2.05) is 6.08 Å². The normalized spacial score (nSPS) is 17.1. The summed E-state index contributed by atoms with van der Waals surface area (Å²) >= 11 is 0. The van der Waals surface area contributed by atoms with E-state index in [2.05, 4.69) is 41.8 Å². The first-order valence-electron chi connectivity index (χ1n) is 5.69. The van der Waals surface area contributed by atoms with Crippen LogP contribution in [0.1, 0.15) is 24.8 Å². The van der Waals surface area contributed by atoms with E-state index in [4.69, 9.17) is 0 Å². The smallest absolute Gasteiger partial charge is 0.0726 e. The molecule has 1 heterocycles. The molecule has 0 aliphatic carbocycles. The van der Waals surface area contributed by atoms with Crippen LogP contribution >= 0.6 is 0 Å². The zero-order valence-electron chi connectivity index (χ0n) is 9.15. The Hall–Kier alpha value is -1.08. The van der Waals surface area contributed by atoms with Gasteiger partial charge in [-0.05, 0) is 37.9 Å². The van der Waals surface area contributed by atoms with Crippen molar-refractivity contribution in [2.24, 2.45) is 0 Å². The van der Waals surface area contributed by atoms with Gasteiger partial charge in [0.25, 0.3) is 0 Å². The molecule has 1 aromatic carbocycles. The molecular formula is C14H18N. The third-order valence-corrected chi connectivity index (χ3v) is 2.93. The van der Waals surface area contributed by atoms with E-state index in [0.29, 0.717) is 0 Å². The molecule has 0 N–H and O–H groups in total. The summed E-state index contributed by atoms with van der Waals surface area (Å²) in [4.78, 5) is 2.50. The summed E-state index contributed by atoms with van der Waals surface area (Å²) in [7, 11) is 0. The average molecular weight is 200 g/mol. The molecule has 0 aromatic heterocycles. The van der Waals surface area contributed by atoms with Gasteiger partial charge in [0.15, 0.2) is 0 Å². The molecule has 1 aliphatic heterocycles. The summed E-state index contributed by atoms with van der Waals surface area (Å²) in [5.74, 6) is 0. The second-order valence-electron chi connectivity index (χ2n) is 4.00.